The molecule has 7 nitrogen and oxygen atoms in total. The molecule has 0 aromatic heterocycles. The Morgan fingerprint density at radius 1 is 0.909 bits per heavy atom. The second kappa shape index (κ2) is 13.0. The van der Waals surface area contributed by atoms with Crippen LogP contribution in [0.3, 0.4) is 0 Å². The number of rotatable bonds is 11. The van der Waals surface area contributed by atoms with Crippen LogP contribution in [0.1, 0.15) is 49.7 Å². The van der Waals surface area contributed by atoms with Gasteiger partial charge in [0, 0.05) is 42.4 Å². The third-order valence-corrected chi connectivity index (χ3v) is 10.9. The Balaban J connectivity index is 1.25. The molecule has 2 amide bonds. The Hall–Kier alpha value is -3.88. The maximum atomic E-state index is 14.1. The Morgan fingerprint density at radius 2 is 1.61 bits per heavy atom. The third-order valence-electron chi connectivity index (χ3n) is 8.70. The van der Waals surface area contributed by atoms with E-state index in [0.717, 1.165) is 42.2 Å². The smallest absolute Gasteiger partial charge is 0.265 e. The van der Waals surface area contributed by atoms with E-state index >= 15 is 0 Å². The summed E-state index contributed by atoms with van der Waals surface area (Å²) < 4.78 is 28.4. The maximum Gasteiger partial charge on any atom is 0.265 e. The van der Waals surface area contributed by atoms with E-state index < -0.39 is 16.1 Å². The van der Waals surface area contributed by atoms with Crippen molar-refractivity contribution in [1.82, 2.24) is 10.2 Å². The zero-order valence-corrected chi connectivity index (χ0v) is 26.1. The molecular formula is C35H36ClN3O4S. The molecule has 1 saturated carbocycles. The van der Waals surface area contributed by atoms with Crippen molar-refractivity contribution in [2.45, 2.75) is 68.5 Å². The average Bonchev–Trinajstić information content (AvgIpc) is 3.61. The Kier molecular flexibility index (Phi) is 8.91. The maximum absolute atomic E-state index is 14.1. The van der Waals surface area contributed by atoms with Crippen LogP contribution in [0.4, 0.5) is 5.69 Å². The van der Waals surface area contributed by atoms with Crippen LogP contribution in [-0.2, 0) is 32.6 Å². The highest BCUT2D eigenvalue weighted by atomic mass is 35.5. The SMILES string of the molecule is O=C(NC1CCCC1)[C@@H](Cc1ccccc1)N(Cc1ccccc1Cl)C(=O)CCCN1c2cccc3cccc(c23)S1(=O)=O. The second-order valence-corrected chi connectivity index (χ2v) is 13.9. The fourth-order valence-corrected chi connectivity index (χ4v) is 8.39. The van der Waals surface area contributed by atoms with E-state index in [1.165, 1.54) is 4.31 Å². The zero-order chi connectivity index (χ0) is 30.7. The number of hydrogen-bond acceptors (Lipinski definition) is 4. The van der Waals surface area contributed by atoms with E-state index in [-0.39, 0.29) is 37.4 Å². The number of nitrogens with zero attached hydrogens (tertiary/aromatic N) is 2. The molecule has 1 aliphatic carbocycles. The van der Waals surface area contributed by atoms with Gasteiger partial charge in [-0.1, -0.05) is 97.2 Å². The molecule has 0 saturated heterocycles. The molecule has 9 heteroatoms. The molecule has 0 bridgehead atoms. The molecule has 0 unspecified atom stereocenters. The van der Waals surface area contributed by atoms with Crippen LogP contribution in [0.2, 0.25) is 5.02 Å². The number of nitrogens with one attached hydrogen (secondary N) is 1. The number of carbonyl (C=O) groups is 2. The molecule has 0 radical (unpaired) electrons. The van der Waals surface area contributed by atoms with Gasteiger partial charge in [-0.3, -0.25) is 13.9 Å². The number of benzene rings is 4. The van der Waals surface area contributed by atoms with Gasteiger partial charge in [0.2, 0.25) is 11.8 Å². The van der Waals surface area contributed by atoms with Crippen molar-refractivity contribution in [2.75, 3.05) is 10.8 Å². The summed E-state index contributed by atoms with van der Waals surface area (Å²) in [6.45, 7) is 0.320. The minimum Gasteiger partial charge on any atom is -0.352 e. The van der Waals surface area contributed by atoms with Crippen molar-refractivity contribution in [2.24, 2.45) is 0 Å². The van der Waals surface area contributed by atoms with Crippen LogP contribution in [0.5, 0.6) is 0 Å². The van der Waals surface area contributed by atoms with Crippen molar-refractivity contribution >= 4 is 49.9 Å². The lowest BCUT2D eigenvalue weighted by Crippen LogP contribution is -2.52. The summed E-state index contributed by atoms with van der Waals surface area (Å²) in [6.07, 6.45) is 4.74. The van der Waals surface area contributed by atoms with Crippen LogP contribution in [0, 0.1) is 0 Å². The first kappa shape index (κ1) is 30.2. The monoisotopic (exact) mass is 629 g/mol. The molecule has 1 aliphatic heterocycles. The molecule has 6 rings (SSSR count). The van der Waals surface area contributed by atoms with E-state index in [2.05, 4.69) is 5.32 Å². The summed E-state index contributed by atoms with van der Waals surface area (Å²) in [4.78, 5) is 29.9. The number of amides is 2. The first-order valence-electron chi connectivity index (χ1n) is 15.2. The van der Waals surface area contributed by atoms with Crippen molar-refractivity contribution in [3.8, 4) is 0 Å². The van der Waals surface area contributed by atoms with Crippen LogP contribution >= 0.6 is 11.6 Å². The minimum absolute atomic E-state index is 0.0742. The summed E-state index contributed by atoms with van der Waals surface area (Å²) in [5, 5.41) is 5.32. The lowest BCUT2D eigenvalue weighted by atomic mass is 10.0. The van der Waals surface area contributed by atoms with E-state index in [9.17, 15) is 18.0 Å². The second-order valence-electron chi connectivity index (χ2n) is 11.6. The average molecular weight is 630 g/mol. The van der Waals surface area contributed by atoms with Gasteiger partial charge in [0.25, 0.3) is 10.0 Å². The molecule has 4 aromatic carbocycles. The molecule has 2 aliphatic rings. The zero-order valence-electron chi connectivity index (χ0n) is 24.5. The normalized spacial score (nSPS) is 16.2. The Labute approximate surface area is 263 Å². The van der Waals surface area contributed by atoms with Gasteiger partial charge in [-0.25, -0.2) is 8.42 Å². The Morgan fingerprint density at radius 3 is 2.36 bits per heavy atom. The van der Waals surface area contributed by atoms with Crippen molar-refractivity contribution in [1.29, 1.82) is 0 Å². The van der Waals surface area contributed by atoms with Crippen molar-refractivity contribution in [3.05, 3.63) is 107 Å². The number of carbonyl (C=O) groups excluding carboxylic acids is 2. The number of hydrogen-bond donors (Lipinski definition) is 1. The first-order chi connectivity index (χ1) is 21.3. The van der Waals surface area contributed by atoms with Gasteiger partial charge in [0.15, 0.2) is 0 Å². The molecule has 1 heterocycles. The summed E-state index contributed by atoms with van der Waals surface area (Å²) in [5.41, 5.74) is 2.33. The third kappa shape index (κ3) is 6.19. The van der Waals surface area contributed by atoms with Gasteiger partial charge < -0.3 is 10.2 Å². The number of anilines is 1. The van der Waals surface area contributed by atoms with E-state index in [1.807, 2.05) is 72.8 Å². The highest BCUT2D eigenvalue weighted by Crippen LogP contribution is 2.42. The van der Waals surface area contributed by atoms with Crippen molar-refractivity contribution in [3.63, 3.8) is 0 Å². The van der Waals surface area contributed by atoms with Gasteiger partial charge in [0.05, 0.1) is 10.6 Å². The molecule has 0 spiro atoms. The Bertz CT molecular complexity index is 1770. The van der Waals surface area contributed by atoms with Gasteiger partial charge in [-0.05, 0) is 54.0 Å². The predicted molar refractivity (Wildman–Crippen MR) is 174 cm³/mol. The van der Waals surface area contributed by atoms with E-state index in [0.29, 0.717) is 33.8 Å². The van der Waals surface area contributed by atoms with Crippen LogP contribution in [-0.4, -0.2) is 43.8 Å². The molecular weight excluding hydrogens is 594 g/mol. The molecule has 4 aromatic rings. The molecule has 1 atom stereocenters. The number of halogens is 1. The van der Waals surface area contributed by atoms with Gasteiger partial charge in [-0.15, -0.1) is 0 Å². The van der Waals surface area contributed by atoms with Gasteiger partial charge in [-0.2, -0.15) is 0 Å². The quantitative estimate of drug-likeness (QED) is 0.206. The lowest BCUT2D eigenvalue weighted by Gasteiger charge is -2.33. The minimum atomic E-state index is -3.73. The summed E-state index contributed by atoms with van der Waals surface area (Å²) in [5.74, 6) is -0.398. The summed E-state index contributed by atoms with van der Waals surface area (Å²) in [7, 11) is -3.73. The highest BCUT2D eigenvalue weighted by Gasteiger charge is 2.36. The van der Waals surface area contributed by atoms with Crippen LogP contribution in [0.25, 0.3) is 10.8 Å². The molecule has 228 valence electrons. The van der Waals surface area contributed by atoms with Crippen LogP contribution in [0.15, 0.2) is 95.9 Å². The van der Waals surface area contributed by atoms with Gasteiger partial charge >= 0.3 is 0 Å². The fraction of sp³-hybridized carbons (Fsp3) is 0.314. The molecule has 1 N–H and O–H groups in total. The highest BCUT2D eigenvalue weighted by molar-refractivity contribution is 7.93. The fourth-order valence-electron chi connectivity index (χ4n) is 6.45. The predicted octanol–water partition coefficient (Wildman–Crippen LogP) is 6.48. The summed E-state index contributed by atoms with van der Waals surface area (Å²) in [6, 6.07) is 27.3. The van der Waals surface area contributed by atoms with Gasteiger partial charge in [0.1, 0.15) is 6.04 Å². The largest absolute Gasteiger partial charge is 0.352 e. The lowest BCUT2D eigenvalue weighted by molar-refractivity contribution is -0.141. The van der Waals surface area contributed by atoms with E-state index in [4.69, 9.17) is 11.6 Å². The summed E-state index contributed by atoms with van der Waals surface area (Å²) >= 11 is 6.55. The topological polar surface area (TPSA) is 86.8 Å². The standard InChI is InChI=1S/C35H36ClN3O4S/c36-29-18-7-4-13-27(29)24-38(31(23-25-11-2-1-3-12-25)35(41)37-28-16-5-6-17-28)33(40)21-10-22-39-30-19-8-14-26-15-9-20-32(34(26)30)44(39,42)43/h1-4,7-9,11-15,18-20,28,31H,5-6,10,16-17,21-24H2,(H,37,41)/t31-/m1/s1. The molecule has 1 fully saturated rings. The number of sulfonamides is 1. The van der Waals surface area contributed by atoms with Crippen LogP contribution < -0.4 is 9.62 Å². The van der Waals surface area contributed by atoms with Crippen molar-refractivity contribution < 1.29 is 18.0 Å². The molecule has 44 heavy (non-hydrogen) atoms. The van der Waals surface area contributed by atoms with E-state index in [1.54, 1.807) is 23.1 Å². The first-order valence-corrected chi connectivity index (χ1v) is 17.1.